The zero-order valence-corrected chi connectivity index (χ0v) is 12.4. The number of halogens is 1. The summed E-state index contributed by atoms with van der Waals surface area (Å²) in [4.78, 5) is 18.5. The number of nitrogen functional groups attached to an aromatic ring is 1. The highest BCUT2D eigenvalue weighted by atomic mass is 19.1. The minimum absolute atomic E-state index is 0.209. The van der Waals surface area contributed by atoms with Gasteiger partial charge >= 0.3 is 0 Å². The molecule has 0 spiro atoms. The average molecular weight is 313 g/mol. The zero-order chi connectivity index (χ0) is 15.8. The molecule has 3 aromatic rings. The maximum absolute atomic E-state index is 13.1. The summed E-state index contributed by atoms with van der Waals surface area (Å²) in [6.45, 7) is 3.45. The molecule has 23 heavy (non-hydrogen) atoms. The van der Waals surface area contributed by atoms with Crippen molar-refractivity contribution in [2.24, 2.45) is 0 Å². The number of hydrogen-bond donors (Lipinski definition) is 3. The van der Waals surface area contributed by atoms with E-state index in [2.05, 4.69) is 30.2 Å². The Morgan fingerprint density at radius 2 is 1.78 bits per heavy atom. The number of aromatic amines is 1. The molecule has 4 N–H and O–H groups in total. The molecule has 1 aliphatic heterocycles. The van der Waals surface area contributed by atoms with Crippen LogP contribution in [-0.4, -0.2) is 46.1 Å². The molecule has 0 aliphatic carbocycles. The van der Waals surface area contributed by atoms with Gasteiger partial charge in [-0.25, -0.2) is 9.37 Å². The number of aromatic nitrogens is 4. The molecule has 0 saturated carbocycles. The van der Waals surface area contributed by atoms with Crippen LogP contribution in [0.5, 0.6) is 0 Å². The van der Waals surface area contributed by atoms with E-state index < -0.39 is 0 Å². The van der Waals surface area contributed by atoms with E-state index in [1.807, 2.05) is 0 Å². The number of imidazole rings is 1. The van der Waals surface area contributed by atoms with Crippen molar-refractivity contribution < 1.29 is 4.39 Å². The second-order valence-corrected chi connectivity index (χ2v) is 5.43. The first-order valence-corrected chi connectivity index (χ1v) is 7.45. The summed E-state index contributed by atoms with van der Waals surface area (Å²) in [6.07, 6.45) is 0. The van der Waals surface area contributed by atoms with E-state index >= 15 is 0 Å². The van der Waals surface area contributed by atoms with Crippen LogP contribution in [0.3, 0.4) is 0 Å². The zero-order valence-electron chi connectivity index (χ0n) is 12.4. The quantitative estimate of drug-likeness (QED) is 0.657. The van der Waals surface area contributed by atoms with Crippen LogP contribution in [0, 0.1) is 5.82 Å². The van der Waals surface area contributed by atoms with Crippen LogP contribution in [0.1, 0.15) is 0 Å². The highest BCUT2D eigenvalue weighted by molar-refractivity contribution is 5.87. The molecule has 1 saturated heterocycles. The largest absolute Gasteiger partial charge is 0.368 e. The van der Waals surface area contributed by atoms with Crippen molar-refractivity contribution in [1.82, 2.24) is 25.3 Å². The van der Waals surface area contributed by atoms with Crippen LogP contribution < -0.4 is 16.0 Å². The third kappa shape index (κ3) is 2.57. The maximum Gasteiger partial charge on any atom is 0.224 e. The monoisotopic (exact) mass is 313 g/mol. The minimum atomic E-state index is -0.282. The summed E-state index contributed by atoms with van der Waals surface area (Å²) in [6, 6.07) is 6.15. The van der Waals surface area contributed by atoms with Crippen molar-refractivity contribution in [3.8, 4) is 11.4 Å². The summed E-state index contributed by atoms with van der Waals surface area (Å²) in [5.41, 5.74) is 7.89. The Hall–Kier alpha value is -2.74. The topological polar surface area (TPSA) is 95.7 Å². The number of benzene rings is 1. The number of piperazine rings is 1. The van der Waals surface area contributed by atoms with Gasteiger partial charge in [0.2, 0.25) is 5.95 Å². The molecule has 0 amide bonds. The molecule has 7 nitrogen and oxygen atoms in total. The highest BCUT2D eigenvalue weighted by Crippen LogP contribution is 2.26. The van der Waals surface area contributed by atoms with Gasteiger partial charge in [0.1, 0.15) is 11.6 Å². The molecular weight excluding hydrogens is 297 g/mol. The second-order valence-electron chi connectivity index (χ2n) is 5.43. The molecule has 118 valence electrons. The summed E-state index contributed by atoms with van der Waals surface area (Å²) < 4.78 is 13.1. The molecule has 8 heteroatoms. The number of anilines is 2. The van der Waals surface area contributed by atoms with Crippen molar-refractivity contribution >= 4 is 22.9 Å². The van der Waals surface area contributed by atoms with Gasteiger partial charge in [0, 0.05) is 31.7 Å². The van der Waals surface area contributed by atoms with Crippen LogP contribution in [0.25, 0.3) is 22.6 Å². The minimum Gasteiger partial charge on any atom is -0.368 e. The van der Waals surface area contributed by atoms with Crippen molar-refractivity contribution in [2.75, 3.05) is 36.8 Å². The Bertz CT molecular complexity index is 837. The van der Waals surface area contributed by atoms with Crippen molar-refractivity contribution in [2.45, 2.75) is 0 Å². The summed E-state index contributed by atoms with van der Waals surface area (Å²) >= 11 is 0. The highest BCUT2D eigenvalue weighted by Gasteiger charge is 2.19. The van der Waals surface area contributed by atoms with Crippen molar-refractivity contribution in [1.29, 1.82) is 0 Å². The fraction of sp³-hybridized carbons (Fsp3) is 0.267. The van der Waals surface area contributed by atoms with Gasteiger partial charge in [-0.2, -0.15) is 9.97 Å². The van der Waals surface area contributed by atoms with E-state index in [0.29, 0.717) is 17.0 Å². The van der Waals surface area contributed by atoms with Crippen LogP contribution in [0.2, 0.25) is 0 Å². The number of H-pyrrole nitrogens is 1. The van der Waals surface area contributed by atoms with E-state index in [9.17, 15) is 4.39 Å². The van der Waals surface area contributed by atoms with Crippen molar-refractivity contribution in [3.63, 3.8) is 0 Å². The molecule has 0 bridgehead atoms. The maximum atomic E-state index is 13.1. The summed E-state index contributed by atoms with van der Waals surface area (Å²) in [7, 11) is 0. The van der Waals surface area contributed by atoms with Crippen LogP contribution >= 0.6 is 0 Å². The Kier molecular flexibility index (Phi) is 3.30. The Morgan fingerprint density at radius 3 is 2.52 bits per heavy atom. The average Bonchev–Trinajstić information content (AvgIpc) is 2.99. The van der Waals surface area contributed by atoms with Crippen molar-refractivity contribution in [3.05, 3.63) is 30.1 Å². The third-order valence-electron chi connectivity index (χ3n) is 3.88. The number of rotatable bonds is 2. The first-order chi connectivity index (χ1) is 11.2. The number of hydrogen-bond acceptors (Lipinski definition) is 6. The Balaban J connectivity index is 1.82. The first kappa shape index (κ1) is 13.9. The number of nitrogens with two attached hydrogens (primary N) is 1. The molecule has 0 unspecified atom stereocenters. The van der Waals surface area contributed by atoms with E-state index in [0.717, 1.165) is 37.6 Å². The first-order valence-electron chi connectivity index (χ1n) is 7.45. The lowest BCUT2D eigenvalue weighted by molar-refractivity contribution is 0.586. The van der Waals surface area contributed by atoms with E-state index in [4.69, 9.17) is 5.73 Å². The van der Waals surface area contributed by atoms with Gasteiger partial charge in [-0.1, -0.05) is 0 Å². The van der Waals surface area contributed by atoms with Gasteiger partial charge < -0.3 is 20.9 Å². The Morgan fingerprint density at radius 1 is 1.04 bits per heavy atom. The van der Waals surface area contributed by atoms with E-state index in [1.54, 1.807) is 12.1 Å². The van der Waals surface area contributed by atoms with Gasteiger partial charge in [0.15, 0.2) is 17.0 Å². The standard InChI is InChI=1S/C15H16FN7/c16-10-3-1-9(2-4-10)12-19-11-13(20-12)21-15(17)22-14(11)23-7-5-18-6-8-23/h1-4,18H,5-8H2,(H3,17,19,20,21,22). The summed E-state index contributed by atoms with van der Waals surface area (Å²) in [5.74, 6) is 1.28. The van der Waals surface area contributed by atoms with Crippen LogP contribution in [0.4, 0.5) is 16.2 Å². The lowest BCUT2D eigenvalue weighted by Gasteiger charge is -2.28. The normalized spacial score (nSPS) is 15.3. The molecule has 0 radical (unpaired) electrons. The fourth-order valence-corrected chi connectivity index (χ4v) is 2.74. The third-order valence-corrected chi connectivity index (χ3v) is 3.88. The van der Waals surface area contributed by atoms with Gasteiger partial charge in [0.25, 0.3) is 0 Å². The summed E-state index contributed by atoms with van der Waals surface area (Å²) in [5, 5.41) is 3.30. The van der Waals surface area contributed by atoms with E-state index in [-0.39, 0.29) is 11.8 Å². The molecule has 1 fully saturated rings. The molecule has 1 aliphatic rings. The number of fused-ring (bicyclic) bond motifs is 1. The smallest absolute Gasteiger partial charge is 0.224 e. The molecule has 4 rings (SSSR count). The van der Waals surface area contributed by atoms with Gasteiger partial charge in [-0.05, 0) is 24.3 Å². The molecule has 3 heterocycles. The van der Waals surface area contributed by atoms with Crippen LogP contribution in [-0.2, 0) is 0 Å². The number of nitrogens with zero attached hydrogens (tertiary/aromatic N) is 4. The predicted octanol–water partition coefficient (Wildman–Crippen LogP) is 1.15. The Labute approximate surface area is 131 Å². The van der Waals surface area contributed by atoms with Gasteiger partial charge in [0.05, 0.1) is 0 Å². The SMILES string of the molecule is Nc1nc(N2CCNCC2)c2nc(-c3ccc(F)cc3)[nH]c2n1. The predicted molar refractivity (Wildman–Crippen MR) is 86.6 cm³/mol. The van der Waals surface area contributed by atoms with Gasteiger partial charge in [-0.3, -0.25) is 0 Å². The lowest BCUT2D eigenvalue weighted by atomic mass is 10.2. The van der Waals surface area contributed by atoms with Gasteiger partial charge in [-0.15, -0.1) is 0 Å². The molecular formula is C15H16FN7. The van der Waals surface area contributed by atoms with Crippen LogP contribution in [0.15, 0.2) is 24.3 Å². The molecule has 2 aromatic heterocycles. The molecule has 0 atom stereocenters. The lowest BCUT2D eigenvalue weighted by Crippen LogP contribution is -2.44. The number of nitrogens with one attached hydrogen (secondary N) is 2. The van der Waals surface area contributed by atoms with E-state index in [1.165, 1.54) is 12.1 Å². The second kappa shape index (κ2) is 5.47. The molecule has 1 aromatic carbocycles. The fourth-order valence-electron chi connectivity index (χ4n) is 2.74.